The molecule has 2 aromatic heterocycles. The fourth-order valence-electron chi connectivity index (χ4n) is 1.60. The molecule has 0 spiro atoms. The minimum absolute atomic E-state index is 0.0593. The molecule has 0 unspecified atom stereocenters. The molecule has 0 aromatic carbocycles. The van der Waals surface area contributed by atoms with Crippen molar-refractivity contribution in [3.63, 3.8) is 0 Å². The molecule has 100 valence electrons. The van der Waals surface area contributed by atoms with Gasteiger partial charge in [-0.2, -0.15) is 0 Å². The number of aromatic nitrogens is 3. The van der Waals surface area contributed by atoms with Crippen LogP contribution in [0.25, 0.3) is 0 Å². The molecule has 2 N–H and O–H groups in total. The van der Waals surface area contributed by atoms with Gasteiger partial charge in [-0.1, -0.05) is 39.1 Å². The summed E-state index contributed by atoms with van der Waals surface area (Å²) < 4.78 is 0.590. The summed E-state index contributed by atoms with van der Waals surface area (Å²) in [5, 5.41) is 3.29. The van der Waals surface area contributed by atoms with E-state index in [9.17, 15) is 0 Å². The van der Waals surface area contributed by atoms with E-state index in [-0.39, 0.29) is 5.41 Å². The summed E-state index contributed by atoms with van der Waals surface area (Å²) in [6.45, 7) is 6.95. The highest BCUT2D eigenvalue weighted by Crippen LogP contribution is 2.19. The maximum absolute atomic E-state index is 5.20. The fraction of sp³-hybridized carbons (Fsp3) is 0.357. The Kier molecular flexibility index (Phi) is 3.95. The summed E-state index contributed by atoms with van der Waals surface area (Å²) >= 11 is 5.20. The van der Waals surface area contributed by atoms with E-state index in [0.29, 0.717) is 11.2 Å². The van der Waals surface area contributed by atoms with Gasteiger partial charge in [-0.25, -0.2) is 4.98 Å². The summed E-state index contributed by atoms with van der Waals surface area (Å²) in [6.07, 6.45) is 1.78. The minimum atomic E-state index is -0.0593. The van der Waals surface area contributed by atoms with Gasteiger partial charge in [-0.05, 0) is 12.1 Å². The van der Waals surface area contributed by atoms with Crippen LogP contribution in [0.15, 0.2) is 30.5 Å². The summed E-state index contributed by atoms with van der Waals surface area (Å²) in [4.78, 5) is 11.9. The molecule has 0 bridgehead atoms. The standard InChI is InChI=1S/C14H18N4S/c1-14(2,3)13-17-11(8-12(19)18-13)16-9-10-6-4-5-7-15-10/h4-8H,9H2,1-3H3,(H2,16,17,18,19). The van der Waals surface area contributed by atoms with Gasteiger partial charge < -0.3 is 10.3 Å². The van der Waals surface area contributed by atoms with Crippen LogP contribution in [0.4, 0.5) is 5.82 Å². The molecule has 0 aliphatic rings. The molecule has 0 atom stereocenters. The number of nitrogens with zero attached hydrogens (tertiary/aromatic N) is 2. The van der Waals surface area contributed by atoms with Gasteiger partial charge in [0.2, 0.25) is 0 Å². The first-order chi connectivity index (χ1) is 8.95. The molecule has 0 saturated heterocycles. The largest absolute Gasteiger partial charge is 0.366 e. The molecule has 2 rings (SSSR count). The maximum Gasteiger partial charge on any atom is 0.131 e. The lowest BCUT2D eigenvalue weighted by atomic mass is 9.96. The zero-order valence-corrected chi connectivity index (χ0v) is 12.2. The van der Waals surface area contributed by atoms with Crippen LogP contribution < -0.4 is 5.32 Å². The Balaban J connectivity index is 2.17. The smallest absolute Gasteiger partial charge is 0.131 e. The minimum Gasteiger partial charge on any atom is -0.366 e. The number of pyridine rings is 1. The molecule has 19 heavy (non-hydrogen) atoms. The summed E-state index contributed by atoms with van der Waals surface area (Å²) in [5.41, 5.74) is 0.923. The molecule has 2 aromatic rings. The van der Waals surface area contributed by atoms with Gasteiger partial charge in [0.15, 0.2) is 0 Å². The first-order valence-corrected chi connectivity index (χ1v) is 6.61. The van der Waals surface area contributed by atoms with Crippen molar-refractivity contribution in [2.75, 3.05) is 5.32 Å². The Morgan fingerprint density at radius 3 is 2.74 bits per heavy atom. The molecule has 0 fully saturated rings. The number of hydrogen-bond acceptors (Lipinski definition) is 4. The van der Waals surface area contributed by atoms with Crippen LogP contribution in [0.2, 0.25) is 0 Å². The average molecular weight is 274 g/mol. The van der Waals surface area contributed by atoms with Gasteiger partial charge in [-0.15, -0.1) is 0 Å². The summed E-state index contributed by atoms with van der Waals surface area (Å²) in [7, 11) is 0. The van der Waals surface area contributed by atoms with Crippen LogP contribution in [0, 0.1) is 4.64 Å². The molecular weight excluding hydrogens is 256 g/mol. The number of H-pyrrole nitrogens is 1. The van der Waals surface area contributed by atoms with Gasteiger partial charge in [0, 0.05) is 17.7 Å². The van der Waals surface area contributed by atoms with Crippen molar-refractivity contribution in [3.8, 4) is 0 Å². The number of aromatic amines is 1. The fourth-order valence-corrected chi connectivity index (χ4v) is 1.81. The molecule has 4 nitrogen and oxygen atoms in total. The van der Waals surface area contributed by atoms with E-state index in [1.54, 1.807) is 6.20 Å². The lowest BCUT2D eigenvalue weighted by Crippen LogP contribution is -2.17. The van der Waals surface area contributed by atoms with E-state index in [2.05, 4.69) is 41.0 Å². The first kappa shape index (κ1) is 13.7. The molecule has 0 amide bonds. The van der Waals surface area contributed by atoms with Crippen molar-refractivity contribution in [1.29, 1.82) is 0 Å². The third-order valence-electron chi connectivity index (χ3n) is 2.64. The van der Waals surface area contributed by atoms with Crippen molar-refractivity contribution in [1.82, 2.24) is 15.0 Å². The monoisotopic (exact) mass is 274 g/mol. The second-order valence-electron chi connectivity index (χ2n) is 5.41. The molecule has 5 heteroatoms. The van der Waals surface area contributed by atoms with Crippen LogP contribution in [-0.2, 0) is 12.0 Å². The van der Waals surface area contributed by atoms with Crippen LogP contribution in [-0.4, -0.2) is 15.0 Å². The number of anilines is 1. The van der Waals surface area contributed by atoms with Crippen LogP contribution >= 0.6 is 12.2 Å². The molecule has 0 aliphatic heterocycles. The highest BCUT2D eigenvalue weighted by atomic mass is 32.1. The van der Waals surface area contributed by atoms with E-state index in [4.69, 9.17) is 12.2 Å². The van der Waals surface area contributed by atoms with E-state index < -0.39 is 0 Å². The zero-order valence-electron chi connectivity index (χ0n) is 11.4. The summed E-state index contributed by atoms with van der Waals surface area (Å²) in [5.74, 6) is 1.75. The Hall–Kier alpha value is -1.75. The quantitative estimate of drug-likeness (QED) is 0.842. The lowest BCUT2D eigenvalue weighted by molar-refractivity contribution is 0.545. The van der Waals surface area contributed by atoms with E-state index >= 15 is 0 Å². The number of rotatable bonds is 3. The Morgan fingerprint density at radius 2 is 2.11 bits per heavy atom. The van der Waals surface area contributed by atoms with Crippen LogP contribution in [0.3, 0.4) is 0 Å². The summed E-state index contributed by atoms with van der Waals surface area (Å²) in [6, 6.07) is 7.68. The molecular formula is C14H18N4S. The van der Waals surface area contributed by atoms with Gasteiger partial charge in [-0.3, -0.25) is 4.98 Å². The normalized spacial score (nSPS) is 11.3. The van der Waals surface area contributed by atoms with Crippen molar-refractivity contribution in [2.45, 2.75) is 32.7 Å². The average Bonchev–Trinajstić information content (AvgIpc) is 2.36. The third-order valence-corrected chi connectivity index (χ3v) is 2.85. The van der Waals surface area contributed by atoms with Gasteiger partial charge >= 0.3 is 0 Å². The van der Waals surface area contributed by atoms with Crippen LogP contribution in [0.1, 0.15) is 32.3 Å². The van der Waals surface area contributed by atoms with E-state index in [0.717, 1.165) is 17.3 Å². The van der Waals surface area contributed by atoms with Crippen molar-refractivity contribution in [3.05, 3.63) is 46.6 Å². The highest BCUT2D eigenvalue weighted by Gasteiger charge is 2.16. The van der Waals surface area contributed by atoms with Gasteiger partial charge in [0.25, 0.3) is 0 Å². The van der Waals surface area contributed by atoms with E-state index in [1.807, 2.05) is 24.3 Å². The topological polar surface area (TPSA) is 53.6 Å². The lowest BCUT2D eigenvalue weighted by Gasteiger charge is -2.18. The van der Waals surface area contributed by atoms with E-state index in [1.165, 1.54) is 0 Å². The number of hydrogen-bond donors (Lipinski definition) is 2. The highest BCUT2D eigenvalue weighted by molar-refractivity contribution is 7.71. The van der Waals surface area contributed by atoms with Crippen LogP contribution in [0.5, 0.6) is 0 Å². The molecule has 0 radical (unpaired) electrons. The predicted molar refractivity (Wildman–Crippen MR) is 79.7 cm³/mol. The maximum atomic E-state index is 5.20. The zero-order chi connectivity index (χ0) is 13.9. The Bertz CT molecular complexity index is 599. The second-order valence-corrected chi connectivity index (χ2v) is 5.82. The molecule has 0 aliphatic carbocycles. The van der Waals surface area contributed by atoms with Crippen molar-refractivity contribution < 1.29 is 0 Å². The van der Waals surface area contributed by atoms with Crippen molar-refractivity contribution >= 4 is 18.0 Å². The first-order valence-electron chi connectivity index (χ1n) is 6.21. The molecule has 2 heterocycles. The van der Waals surface area contributed by atoms with Gasteiger partial charge in [0.05, 0.1) is 12.2 Å². The second kappa shape index (κ2) is 5.48. The Labute approximate surface area is 118 Å². The predicted octanol–water partition coefficient (Wildman–Crippen LogP) is 3.44. The third kappa shape index (κ3) is 3.86. The van der Waals surface area contributed by atoms with Crippen molar-refractivity contribution in [2.24, 2.45) is 0 Å². The molecule has 0 saturated carbocycles. The Morgan fingerprint density at radius 1 is 1.32 bits per heavy atom. The number of nitrogens with one attached hydrogen (secondary N) is 2. The van der Waals surface area contributed by atoms with Gasteiger partial charge in [0.1, 0.15) is 16.3 Å². The SMILES string of the molecule is CC(C)(C)c1nc(=S)cc(NCc2ccccn2)[nH]1.